The molecule has 104 valence electrons. The van der Waals surface area contributed by atoms with Crippen LogP contribution in [0.3, 0.4) is 0 Å². The lowest BCUT2D eigenvalue weighted by Crippen LogP contribution is -2.47. The highest BCUT2D eigenvalue weighted by Gasteiger charge is 2.35. The lowest BCUT2D eigenvalue weighted by molar-refractivity contribution is 0.172. The number of likely N-dealkylation sites (N-methyl/N-ethyl adjacent to an activating group) is 1. The summed E-state index contributed by atoms with van der Waals surface area (Å²) in [6.07, 6.45) is 8.23. The number of hydrogen-bond acceptors (Lipinski definition) is 5. The Morgan fingerprint density at radius 1 is 1.37 bits per heavy atom. The highest BCUT2D eigenvalue weighted by molar-refractivity contribution is 7.80. The average Bonchev–Trinajstić information content (AvgIpc) is 2.86. The molecular weight excluding hydrogens is 258 g/mol. The van der Waals surface area contributed by atoms with E-state index in [9.17, 15) is 0 Å². The molecule has 0 saturated heterocycles. The Kier molecular flexibility index (Phi) is 4.31. The molecule has 1 saturated carbocycles. The van der Waals surface area contributed by atoms with Crippen molar-refractivity contribution < 1.29 is 0 Å². The van der Waals surface area contributed by atoms with Crippen LogP contribution in [-0.2, 0) is 0 Å². The molecule has 1 aromatic rings. The molecule has 1 aliphatic rings. The van der Waals surface area contributed by atoms with E-state index in [2.05, 4.69) is 34.3 Å². The molecule has 0 spiro atoms. The van der Waals surface area contributed by atoms with Gasteiger partial charge in [-0.1, -0.05) is 25.1 Å². The zero-order chi connectivity index (χ0) is 13.9. The minimum atomic E-state index is 0.199. The zero-order valence-electron chi connectivity index (χ0n) is 11.5. The highest BCUT2D eigenvalue weighted by Crippen LogP contribution is 2.33. The first-order valence-corrected chi connectivity index (χ1v) is 6.98. The van der Waals surface area contributed by atoms with Gasteiger partial charge in [-0.2, -0.15) is 0 Å². The molecule has 0 unspecified atom stereocenters. The van der Waals surface area contributed by atoms with Crippen LogP contribution < -0.4 is 11.1 Å². The fraction of sp³-hybridized carbons (Fsp3) is 0.615. The molecule has 1 heterocycles. The summed E-state index contributed by atoms with van der Waals surface area (Å²) >= 11 is 5.00. The van der Waals surface area contributed by atoms with E-state index in [-0.39, 0.29) is 10.5 Å². The van der Waals surface area contributed by atoms with Gasteiger partial charge < -0.3 is 16.0 Å². The van der Waals surface area contributed by atoms with Gasteiger partial charge in [-0.3, -0.25) is 0 Å². The third-order valence-corrected chi connectivity index (χ3v) is 4.19. The standard InChI is InChI=1S/C13H21N5S/c1-18(2)13(5-3-4-6-13)9-17-12-10(11(14)19)15-7-8-16-12/h7-8H,3-6,9H2,1-2H3,(H2,14,19)(H,16,17). The van der Waals surface area contributed by atoms with Gasteiger partial charge in [0.25, 0.3) is 0 Å². The molecule has 6 heteroatoms. The topological polar surface area (TPSA) is 67.1 Å². The SMILES string of the molecule is CN(C)C1(CNc2nccnc2C(N)=S)CCCC1. The zero-order valence-corrected chi connectivity index (χ0v) is 12.3. The second-order valence-corrected chi connectivity index (χ2v) is 5.74. The Bertz CT molecular complexity index is 454. The average molecular weight is 279 g/mol. The smallest absolute Gasteiger partial charge is 0.155 e. The van der Waals surface area contributed by atoms with Crippen LogP contribution >= 0.6 is 12.2 Å². The predicted octanol–water partition coefficient (Wildman–Crippen LogP) is 1.40. The molecule has 2 rings (SSSR count). The summed E-state index contributed by atoms with van der Waals surface area (Å²) in [5.74, 6) is 0.683. The number of hydrogen-bond donors (Lipinski definition) is 2. The summed E-state index contributed by atoms with van der Waals surface area (Å²) in [5.41, 5.74) is 6.44. The molecule has 0 bridgehead atoms. The second kappa shape index (κ2) is 5.79. The first-order chi connectivity index (χ1) is 9.05. The third-order valence-electron chi connectivity index (χ3n) is 4.00. The van der Waals surface area contributed by atoms with Crippen molar-refractivity contribution in [3.05, 3.63) is 18.1 Å². The Hall–Kier alpha value is -1.27. The van der Waals surface area contributed by atoms with E-state index in [0.717, 1.165) is 6.54 Å². The minimum Gasteiger partial charge on any atom is -0.388 e. The molecule has 0 aliphatic heterocycles. The fourth-order valence-electron chi connectivity index (χ4n) is 2.71. The molecule has 0 radical (unpaired) electrons. The molecule has 1 aromatic heterocycles. The second-order valence-electron chi connectivity index (χ2n) is 5.30. The number of nitrogens with two attached hydrogens (primary N) is 1. The molecule has 1 fully saturated rings. The molecule has 19 heavy (non-hydrogen) atoms. The van der Waals surface area contributed by atoms with Gasteiger partial charge in [0, 0.05) is 24.5 Å². The molecule has 0 amide bonds. The van der Waals surface area contributed by atoms with E-state index in [0.29, 0.717) is 11.5 Å². The molecule has 3 N–H and O–H groups in total. The third kappa shape index (κ3) is 3.01. The predicted molar refractivity (Wildman–Crippen MR) is 81.3 cm³/mol. The lowest BCUT2D eigenvalue weighted by atomic mass is 9.96. The van der Waals surface area contributed by atoms with Crippen LogP contribution in [0.1, 0.15) is 31.4 Å². The molecule has 5 nitrogen and oxygen atoms in total. The summed E-state index contributed by atoms with van der Waals surface area (Å²) in [6.45, 7) is 0.842. The Labute approximate surface area is 119 Å². The maximum absolute atomic E-state index is 5.67. The minimum absolute atomic E-state index is 0.199. The summed E-state index contributed by atoms with van der Waals surface area (Å²) in [5, 5.41) is 3.38. The van der Waals surface area contributed by atoms with Crippen LogP contribution in [0.15, 0.2) is 12.4 Å². The number of rotatable bonds is 5. The quantitative estimate of drug-likeness (QED) is 0.794. The first-order valence-electron chi connectivity index (χ1n) is 6.57. The van der Waals surface area contributed by atoms with Crippen LogP contribution in [-0.4, -0.2) is 46.0 Å². The van der Waals surface area contributed by atoms with E-state index in [1.165, 1.54) is 25.7 Å². The van der Waals surface area contributed by atoms with Crippen LogP contribution in [0.2, 0.25) is 0 Å². The van der Waals surface area contributed by atoms with Crippen molar-refractivity contribution in [3.8, 4) is 0 Å². The van der Waals surface area contributed by atoms with E-state index >= 15 is 0 Å². The molecular formula is C13H21N5S. The van der Waals surface area contributed by atoms with Gasteiger partial charge in [0.05, 0.1) is 0 Å². The fourth-order valence-corrected chi connectivity index (χ4v) is 2.86. The summed E-state index contributed by atoms with van der Waals surface area (Å²) in [4.78, 5) is 11.1. The maximum Gasteiger partial charge on any atom is 0.155 e. The van der Waals surface area contributed by atoms with Gasteiger partial charge in [-0.15, -0.1) is 0 Å². The van der Waals surface area contributed by atoms with Crippen molar-refractivity contribution in [2.24, 2.45) is 5.73 Å². The van der Waals surface area contributed by atoms with Crippen molar-refractivity contribution in [2.75, 3.05) is 26.0 Å². The van der Waals surface area contributed by atoms with Crippen LogP contribution in [0.25, 0.3) is 0 Å². The number of nitrogens with zero attached hydrogens (tertiary/aromatic N) is 3. The molecule has 0 atom stereocenters. The van der Waals surface area contributed by atoms with Gasteiger partial charge in [0.15, 0.2) is 5.82 Å². The number of thiocarbonyl (C=S) groups is 1. The Morgan fingerprint density at radius 3 is 2.58 bits per heavy atom. The van der Waals surface area contributed by atoms with Gasteiger partial charge in [-0.25, -0.2) is 9.97 Å². The summed E-state index contributed by atoms with van der Waals surface area (Å²) < 4.78 is 0. The van der Waals surface area contributed by atoms with E-state index in [1.807, 2.05) is 0 Å². The maximum atomic E-state index is 5.67. The summed E-state index contributed by atoms with van der Waals surface area (Å²) in [7, 11) is 4.27. The van der Waals surface area contributed by atoms with Gasteiger partial charge in [0.2, 0.25) is 0 Å². The van der Waals surface area contributed by atoms with Gasteiger partial charge in [0.1, 0.15) is 10.7 Å². The Balaban J connectivity index is 2.12. The van der Waals surface area contributed by atoms with Crippen molar-refractivity contribution in [3.63, 3.8) is 0 Å². The largest absolute Gasteiger partial charge is 0.388 e. The van der Waals surface area contributed by atoms with E-state index in [1.54, 1.807) is 12.4 Å². The first kappa shape index (κ1) is 14.1. The molecule has 0 aromatic carbocycles. The Morgan fingerprint density at radius 2 is 2.00 bits per heavy atom. The van der Waals surface area contributed by atoms with E-state index < -0.39 is 0 Å². The number of nitrogens with one attached hydrogen (secondary N) is 1. The monoisotopic (exact) mass is 279 g/mol. The van der Waals surface area contributed by atoms with Gasteiger partial charge in [-0.05, 0) is 26.9 Å². The van der Waals surface area contributed by atoms with Crippen LogP contribution in [0, 0.1) is 0 Å². The van der Waals surface area contributed by atoms with Crippen molar-refractivity contribution >= 4 is 23.0 Å². The normalized spacial score (nSPS) is 17.6. The van der Waals surface area contributed by atoms with Crippen molar-refractivity contribution in [1.29, 1.82) is 0 Å². The van der Waals surface area contributed by atoms with Gasteiger partial charge >= 0.3 is 0 Å². The van der Waals surface area contributed by atoms with Crippen LogP contribution in [0.4, 0.5) is 5.82 Å². The molecule has 1 aliphatic carbocycles. The van der Waals surface area contributed by atoms with Crippen molar-refractivity contribution in [2.45, 2.75) is 31.2 Å². The summed E-state index contributed by atoms with van der Waals surface area (Å²) in [6, 6.07) is 0. The van der Waals surface area contributed by atoms with E-state index in [4.69, 9.17) is 18.0 Å². The van der Waals surface area contributed by atoms with Crippen LogP contribution in [0.5, 0.6) is 0 Å². The number of aromatic nitrogens is 2. The van der Waals surface area contributed by atoms with Crippen molar-refractivity contribution in [1.82, 2.24) is 14.9 Å². The number of anilines is 1. The lowest BCUT2D eigenvalue weighted by Gasteiger charge is -2.36. The highest BCUT2D eigenvalue weighted by atomic mass is 32.1.